The van der Waals surface area contributed by atoms with E-state index in [4.69, 9.17) is 4.74 Å². The van der Waals surface area contributed by atoms with E-state index in [1.807, 2.05) is 0 Å². The first kappa shape index (κ1) is 14.1. The molecule has 0 aromatic heterocycles. The van der Waals surface area contributed by atoms with Crippen molar-refractivity contribution in [1.82, 2.24) is 0 Å². The molecule has 106 valence electrons. The number of phenolic OH excluding ortho intramolecular Hbond substituents is 1. The minimum absolute atomic E-state index is 0.0409. The summed E-state index contributed by atoms with van der Waals surface area (Å²) >= 11 is 0. The molecule has 0 aliphatic carbocycles. The summed E-state index contributed by atoms with van der Waals surface area (Å²) in [5.41, 5.74) is 0. The van der Waals surface area contributed by atoms with Crippen LogP contribution in [-0.4, -0.2) is 42.8 Å². The number of aliphatic hydroxyl groups excluding tert-OH is 1. The second-order valence-electron chi connectivity index (χ2n) is 4.86. The van der Waals surface area contributed by atoms with E-state index in [9.17, 15) is 18.6 Å². The van der Waals surface area contributed by atoms with Crippen molar-refractivity contribution >= 4 is 9.84 Å². The lowest BCUT2D eigenvalue weighted by Gasteiger charge is -2.26. The van der Waals surface area contributed by atoms with E-state index in [1.165, 1.54) is 12.1 Å². The number of aromatic hydroxyl groups is 1. The van der Waals surface area contributed by atoms with Crippen molar-refractivity contribution in [1.29, 1.82) is 0 Å². The highest BCUT2D eigenvalue weighted by molar-refractivity contribution is 7.91. The summed E-state index contributed by atoms with van der Waals surface area (Å²) in [6.07, 6.45) is 0.276. The number of hydrogen-bond donors (Lipinski definition) is 2. The van der Waals surface area contributed by atoms with Gasteiger partial charge in [-0.05, 0) is 30.9 Å². The molecule has 1 heterocycles. The minimum atomic E-state index is -2.91. The van der Waals surface area contributed by atoms with E-state index in [2.05, 4.69) is 0 Å². The molecule has 2 rings (SSSR count). The molecule has 5 nitrogen and oxygen atoms in total. The van der Waals surface area contributed by atoms with Crippen molar-refractivity contribution in [2.75, 3.05) is 18.1 Å². The number of rotatable bonds is 4. The Bertz CT molecular complexity index is 512. The molecule has 1 saturated heterocycles. The van der Waals surface area contributed by atoms with Crippen molar-refractivity contribution in [2.45, 2.75) is 18.9 Å². The van der Waals surface area contributed by atoms with Crippen LogP contribution in [0.3, 0.4) is 0 Å². The van der Waals surface area contributed by atoms with Crippen LogP contribution in [0.15, 0.2) is 24.3 Å². The molecule has 1 fully saturated rings. The Labute approximate surface area is 112 Å². The third-order valence-electron chi connectivity index (χ3n) is 3.38. The molecular weight excluding hydrogens is 268 g/mol. The fourth-order valence-electron chi connectivity index (χ4n) is 2.18. The largest absolute Gasteiger partial charge is 0.508 e. The number of ether oxygens (including phenoxy) is 1. The Kier molecular flexibility index (Phi) is 4.31. The van der Waals surface area contributed by atoms with Gasteiger partial charge in [-0.2, -0.15) is 0 Å². The Morgan fingerprint density at radius 3 is 2.63 bits per heavy atom. The van der Waals surface area contributed by atoms with E-state index in [-0.39, 0.29) is 29.8 Å². The zero-order chi connectivity index (χ0) is 13.9. The van der Waals surface area contributed by atoms with E-state index in [0.717, 1.165) is 0 Å². The summed E-state index contributed by atoms with van der Waals surface area (Å²) in [6, 6.07) is 6.36. The first-order chi connectivity index (χ1) is 8.96. The van der Waals surface area contributed by atoms with Crippen LogP contribution >= 0.6 is 0 Å². The molecule has 1 unspecified atom stereocenters. The van der Waals surface area contributed by atoms with Gasteiger partial charge in [0.05, 0.1) is 17.6 Å². The van der Waals surface area contributed by atoms with Crippen LogP contribution in [0.5, 0.6) is 11.5 Å². The third-order valence-corrected chi connectivity index (χ3v) is 5.10. The highest BCUT2D eigenvalue weighted by Crippen LogP contribution is 2.23. The second-order valence-corrected chi connectivity index (χ2v) is 7.17. The molecule has 0 saturated carbocycles. The summed E-state index contributed by atoms with van der Waals surface area (Å²) < 4.78 is 28.0. The van der Waals surface area contributed by atoms with E-state index in [1.54, 1.807) is 12.1 Å². The lowest BCUT2D eigenvalue weighted by Crippen LogP contribution is -2.34. The monoisotopic (exact) mass is 286 g/mol. The van der Waals surface area contributed by atoms with Crippen LogP contribution in [0, 0.1) is 5.92 Å². The Hall–Kier alpha value is -1.27. The number of benzene rings is 1. The Morgan fingerprint density at radius 2 is 2.00 bits per heavy atom. The van der Waals surface area contributed by atoms with Crippen molar-refractivity contribution in [2.24, 2.45) is 5.92 Å². The molecule has 2 N–H and O–H groups in total. The quantitative estimate of drug-likeness (QED) is 0.861. The number of hydrogen-bond acceptors (Lipinski definition) is 5. The Balaban J connectivity index is 1.83. The molecule has 1 atom stereocenters. The predicted molar refractivity (Wildman–Crippen MR) is 71.0 cm³/mol. The van der Waals surface area contributed by atoms with Crippen LogP contribution in [0.1, 0.15) is 12.8 Å². The highest BCUT2D eigenvalue weighted by atomic mass is 32.2. The average Bonchev–Trinajstić information content (AvgIpc) is 2.36. The van der Waals surface area contributed by atoms with Gasteiger partial charge in [-0.25, -0.2) is 8.42 Å². The molecule has 6 heteroatoms. The average molecular weight is 286 g/mol. The molecule has 19 heavy (non-hydrogen) atoms. The van der Waals surface area contributed by atoms with Crippen LogP contribution in [0.4, 0.5) is 0 Å². The molecule has 0 bridgehead atoms. The van der Waals surface area contributed by atoms with Crippen molar-refractivity contribution in [3.63, 3.8) is 0 Å². The van der Waals surface area contributed by atoms with Gasteiger partial charge in [-0.15, -0.1) is 0 Å². The molecule has 1 aromatic rings. The van der Waals surface area contributed by atoms with E-state index in [0.29, 0.717) is 18.6 Å². The topological polar surface area (TPSA) is 83.8 Å². The lowest BCUT2D eigenvalue weighted by molar-refractivity contribution is 0.0527. The zero-order valence-electron chi connectivity index (χ0n) is 10.5. The van der Waals surface area contributed by atoms with Crippen LogP contribution in [-0.2, 0) is 9.84 Å². The molecule has 0 radical (unpaired) electrons. The van der Waals surface area contributed by atoms with Crippen LogP contribution < -0.4 is 4.74 Å². The summed E-state index contributed by atoms with van der Waals surface area (Å²) in [4.78, 5) is 0. The molecule has 1 aliphatic rings. The smallest absolute Gasteiger partial charge is 0.150 e. The number of sulfone groups is 1. The van der Waals surface area contributed by atoms with Gasteiger partial charge in [0.15, 0.2) is 0 Å². The molecule has 1 aliphatic heterocycles. The van der Waals surface area contributed by atoms with Gasteiger partial charge in [-0.3, -0.25) is 0 Å². The summed E-state index contributed by atoms with van der Waals surface area (Å²) in [5, 5.41) is 19.3. The molecule has 0 amide bonds. The van der Waals surface area contributed by atoms with Crippen molar-refractivity contribution in [3.05, 3.63) is 24.3 Å². The third kappa shape index (κ3) is 4.11. The molecule has 1 aromatic carbocycles. The maximum Gasteiger partial charge on any atom is 0.150 e. The van der Waals surface area contributed by atoms with Crippen LogP contribution in [0.2, 0.25) is 0 Å². The molecule has 0 spiro atoms. The fraction of sp³-hybridized carbons (Fsp3) is 0.538. The van der Waals surface area contributed by atoms with Gasteiger partial charge in [0, 0.05) is 6.07 Å². The molecular formula is C13H18O5S. The summed E-state index contributed by atoms with van der Waals surface area (Å²) in [7, 11) is -2.91. The van der Waals surface area contributed by atoms with Gasteiger partial charge < -0.3 is 14.9 Å². The second kappa shape index (κ2) is 5.79. The summed E-state index contributed by atoms with van der Waals surface area (Å²) in [6.45, 7) is 0.105. The first-order valence-corrected chi connectivity index (χ1v) is 8.09. The number of aliphatic hydroxyl groups is 1. The van der Waals surface area contributed by atoms with E-state index >= 15 is 0 Å². The van der Waals surface area contributed by atoms with Crippen LogP contribution in [0.25, 0.3) is 0 Å². The van der Waals surface area contributed by atoms with Crippen molar-refractivity contribution in [3.8, 4) is 11.5 Å². The zero-order valence-corrected chi connectivity index (χ0v) is 11.3. The van der Waals surface area contributed by atoms with Gasteiger partial charge in [-0.1, -0.05) is 6.07 Å². The lowest BCUT2D eigenvalue weighted by atomic mass is 9.96. The maximum atomic E-state index is 11.3. The van der Waals surface area contributed by atoms with Gasteiger partial charge in [0.25, 0.3) is 0 Å². The first-order valence-electron chi connectivity index (χ1n) is 6.26. The maximum absolute atomic E-state index is 11.3. The Morgan fingerprint density at radius 1 is 1.32 bits per heavy atom. The summed E-state index contributed by atoms with van der Waals surface area (Å²) in [5.74, 6) is 0.834. The SMILES string of the molecule is O=S1(=O)CCC(C(O)COc2cccc(O)c2)CC1. The predicted octanol–water partition coefficient (Wildman–Crippen LogP) is 0.957. The van der Waals surface area contributed by atoms with Crippen molar-refractivity contribution < 1.29 is 23.4 Å². The van der Waals surface area contributed by atoms with E-state index < -0.39 is 15.9 Å². The fourth-order valence-corrected chi connectivity index (χ4v) is 3.71. The normalized spacial score (nSPS) is 20.9. The minimum Gasteiger partial charge on any atom is -0.508 e. The standard InChI is InChI=1S/C13H18O5S/c14-11-2-1-3-12(8-11)18-9-13(15)10-4-6-19(16,17)7-5-10/h1-3,8,10,13-15H,4-7,9H2. The van der Waals surface area contributed by atoms with Gasteiger partial charge in [0.1, 0.15) is 27.9 Å². The van der Waals surface area contributed by atoms with Gasteiger partial charge >= 0.3 is 0 Å². The van der Waals surface area contributed by atoms with Gasteiger partial charge in [0.2, 0.25) is 0 Å². The highest BCUT2D eigenvalue weighted by Gasteiger charge is 2.28. The number of phenols is 1.